The van der Waals surface area contributed by atoms with Crippen LogP contribution in [0.5, 0.6) is 34.5 Å². The van der Waals surface area contributed by atoms with Crippen molar-refractivity contribution in [1.82, 2.24) is 0 Å². The van der Waals surface area contributed by atoms with Crippen molar-refractivity contribution in [3.8, 4) is 34.5 Å². The summed E-state index contributed by atoms with van der Waals surface area (Å²) in [5, 5.41) is 71.7. The summed E-state index contributed by atoms with van der Waals surface area (Å²) >= 11 is 0. The molecule has 4 aromatic carbocycles. The van der Waals surface area contributed by atoms with E-state index in [4.69, 9.17) is 0 Å². The molecule has 4 aromatic rings. The molecule has 0 saturated carbocycles. The van der Waals surface area contributed by atoms with Gasteiger partial charge in [0, 0.05) is 18.1 Å². The lowest BCUT2D eigenvalue weighted by atomic mass is 9.79. The number of rotatable bonds is 6. The van der Waals surface area contributed by atoms with E-state index in [1.807, 2.05) is 0 Å². The molecular formula is C28H24O7. The predicted octanol–water partition coefficient (Wildman–Crippen LogP) is 4.98. The molecule has 0 fully saturated rings. The standard InChI is InChI=1S/C28H24O7/c29-20-5-1-16(2-6-20)9-26(18-10-22(31)14-23(32)11-18)27(19-12-24(33)15-25(34)13-19)28(35)17-3-7-21(30)8-4-17/h1-15,27-35H/t27-,28+/m0/s1. The van der Waals surface area contributed by atoms with Gasteiger partial charge in [0.1, 0.15) is 34.5 Å². The van der Waals surface area contributed by atoms with Gasteiger partial charge in [-0.15, -0.1) is 0 Å². The van der Waals surface area contributed by atoms with Crippen LogP contribution in [0.25, 0.3) is 11.6 Å². The Morgan fingerprint density at radius 2 is 0.971 bits per heavy atom. The maximum absolute atomic E-state index is 11.5. The largest absolute Gasteiger partial charge is 0.508 e. The lowest BCUT2D eigenvalue weighted by molar-refractivity contribution is 0.165. The molecule has 0 amide bonds. The first kappa shape index (κ1) is 23.5. The molecule has 7 nitrogen and oxygen atoms in total. The summed E-state index contributed by atoms with van der Waals surface area (Å²) in [6, 6.07) is 20.2. The third-order valence-electron chi connectivity index (χ3n) is 5.62. The number of hydrogen-bond donors (Lipinski definition) is 7. The van der Waals surface area contributed by atoms with Gasteiger partial charge in [-0.05, 0) is 76.4 Å². The summed E-state index contributed by atoms with van der Waals surface area (Å²) in [6.45, 7) is 0. The minimum atomic E-state index is -1.23. The molecule has 178 valence electrons. The number of phenolic OH excluding ortho intramolecular Hbond substituents is 6. The van der Waals surface area contributed by atoms with E-state index in [-0.39, 0.29) is 34.5 Å². The Morgan fingerprint density at radius 1 is 0.514 bits per heavy atom. The van der Waals surface area contributed by atoms with Crippen molar-refractivity contribution in [3.05, 3.63) is 107 Å². The molecule has 2 atom stereocenters. The van der Waals surface area contributed by atoms with Crippen molar-refractivity contribution < 1.29 is 35.7 Å². The fraction of sp³-hybridized carbons (Fsp3) is 0.0714. The smallest absolute Gasteiger partial charge is 0.119 e. The van der Waals surface area contributed by atoms with Gasteiger partial charge in [0.05, 0.1) is 6.10 Å². The van der Waals surface area contributed by atoms with E-state index in [0.717, 1.165) is 6.07 Å². The van der Waals surface area contributed by atoms with Gasteiger partial charge in [0.15, 0.2) is 0 Å². The Labute approximate surface area is 201 Å². The zero-order valence-corrected chi connectivity index (χ0v) is 18.4. The van der Waals surface area contributed by atoms with Crippen molar-refractivity contribution in [2.24, 2.45) is 0 Å². The second kappa shape index (κ2) is 9.70. The number of aliphatic hydroxyl groups is 1. The number of aromatic hydroxyl groups is 6. The van der Waals surface area contributed by atoms with E-state index >= 15 is 0 Å². The Balaban J connectivity index is 1.99. The molecule has 4 rings (SSSR count). The van der Waals surface area contributed by atoms with Gasteiger partial charge in [0.25, 0.3) is 0 Å². The maximum Gasteiger partial charge on any atom is 0.119 e. The van der Waals surface area contributed by atoms with Crippen LogP contribution >= 0.6 is 0 Å². The molecule has 0 heterocycles. The molecule has 0 aliphatic heterocycles. The quantitative estimate of drug-likeness (QED) is 0.196. The van der Waals surface area contributed by atoms with Crippen molar-refractivity contribution in [2.45, 2.75) is 12.0 Å². The Morgan fingerprint density at radius 3 is 1.49 bits per heavy atom. The second-order valence-electron chi connectivity index (χ2n) is 8.23. The van der Waals surface area contributed by atoms with Crippen LogP contribution in [0.15, 0.2) is 84.9 Å². The van der Waals surface area contributed by atoms with Crippen molar-refractivity contribution in [2.75, 3.05) is 0 Å². The highest BCUT2D eigenvalue weighted by Crippen LogP contribution is 2.45. The molecule has 0 aliphatic carbocycles. The van der Waals surface area contributed by atoms with E-state index in [0.29, 0.717) is 27.8 Å². The lowest BCUT2D eigenvalue weighted by Gasteiger charge is -2.28. The van der Waals surface area contributed by atoms with Crippen LogP contribution in [-0.4, -0.2) is 35.7 Å². The molecule has 0 saturated heterocycles. The first-order valence-electron chi connectivity index (χ1n) is 10.7. The third-order valence-corrected chi connectivity index (χ3v) is 5.62. The number of hydrogen-bond acceptors (Lipinski definition) is 7. The van der Waals surface area contributed by atoms with Gasteiger partial charge in [-0.2, -0.15) is 0 Å². The third kappa shape index (κ3) is 5.48. The molecule has 0 aromatic heterocycles. The summed E-state index contributed by atoms with van der Waals surface area (Å²) in [5.41, 5.74) is 2.26. The van der Waals surface area contributed by atoms with Crippen LogP contribution in [0.1, 0.15) is 34.3 Å². The minimum Gasteiger partial charge on any atom is -0.508 e. The number of aliphatic hydroxyl groups excluding tert-OH is 1. The van der Waals surface area contributed by atoms with Crippen LogP contribution < -0.4 is 0 Å². The van der Waals surface area contributed by atoms with E-state index in [1.165, 1.54) is 54.6 Å². The van der Waals surface area contributed by atoms with E-state index < -0.39 is 12.0 Å². The van der Waals surface area contributed by atoms with Crippen LogP contribution in [0.4, 0.5) is 0 Å². The highest BCUT2D eigenvalue weighted by atomic mass is 16.3. The molecule has 0 radical (unpaired) electrons. The fourth-order valence-electron chi connectivity index (χ4n) is 4.06. The van der Waals surface area contributed by atoms with Crippen LogP contribution in [0.3, 0.4) is 0 Å². The van der Waals surface area contributed by atoms with Crippen LogP contribution in [0.2, 0.25) is 0 Å². The SMILES string of the molecule is Oc1ccc(C=C(c2cc(O)cc(O)c2)[C@H](c2cc(O)cc(O)c2)[C@H](O)c2ccc(O)cc2)cc1. The summed E-state index contributed by atoms with van der Waals surface area (Å²) in [5.74, 6) is -1.66. The average Bonchev–Trinajstić information content (AvgIpc) is 2.79. The van der Waals surface area contributed by atoms with Gasteiger partial charge in [-0.25, -0.2) is 0 Å². The molecule has 0 bridgehead atoms. The van der Waals surface area contributed by atoms with Crippen LogP contribution in [0, 0.1) is 0 Å². The highest BCUT2D eigenvalue weighted by molar-refractivity contribution is 5.87. The zero-order chi connectivity index (χ0) is 25.1. The first-order valence-corrected chi connectivity index (χ1v) is 10.7. The monoisotopic (exact) mass is 472 g/mol. The molecule has 0 aliphatic rings. The van der Waals surface area contributed by atoms with Gasteiger partial charge >= 0.3 is 0 Å². The highest BCUT2D eigenvalue weighted by Gasteiger charge is 2.29. The van der Waals surface area contributed by atoms with E-state index in [1.54, 1.807) is 30.3 Å². The van der Waals surface area contributed by atoms with E-state index in [9.17, 15) is 35.7 Å². The van der Waals surface area contributed by atoms with Crippen molar-refractivity contribution in [1.29, 1.82) is 0 Å². The van der Waals surface area contributed by atoms with Gasteiger partial charge in [0.2, 0.25) is 0 Å². The fourth-order valence-corrected chi connectivity index (χ4v) is 4.06. The van der Waals surface area contributed by atoms with Crippen LogP contribution in [-0.2, 0) is 0 Å². The van der Waals surface area contributed by atoms with Gasteiger partial charge < -0.3 is 35.7 Å². The first-order chi connectivity index (χ1) is 16.7. The minimum absolute atomic E-state index is 0.0188. The summed E-state index contributed by atoms with van der Waals surface area (Å²) in [7, 11) is 0. The predicted molar refractivity (Wildman–Crippen MR) is 131 cm³/mol. The van der Waals surface area contributed by atoms with Gasteiger partial charge in [-0.3, -0.25) is 0 Å². The van der Waals surface area contributed by atoms with Crippen molar-refractivity contribution in [3.63, 3.8) is 0 Å². The zero-order valence-electron chi connectivity index (χ0n) is 18.4. The summed E-state index contributed by atoms with van der Waals surface area (Å²) in [4.78, 5) is 0. The van der Waals surface area contributed by atoms with Gasteiger partial charge in [-0.1, -0.05) is 30.3 Å². The number of benzene rings is 4. The molecule has 0 spiro atoms. The topological polar surface area (TPSA) is 142 Å². The Hall–Kier alpha value is -4.62. The van der Waals surface area contributed by atoms with E-state index in [2.05, 4.69) is 0 Å². The Bertz CT molecular complexity index is 1320. The molecular weight excluding hydrogens is 448 g/mol. The second-order valence-corrected chi connectivity index (χ2v) is 8.23. The number of phenols is 6. The normalized spacial score (nSPS) is 13.3. The van der Waals surface area contributed by atoms with Crippen molar-refractivity contribution >= 4 is 11.6 Å². The molecule has 7 heteroatoms. The Kier molecular flexibility index (Phi) is 6.53. The molecule has 35 heavy (non-hydrogen) atoms. The average molecular weight is 472 g/mol. The lowest BCUT2D eigenvalue weighted by Crippen LogP contribution is -2.13. The summed E-state index contributed by atoms with van der Waals surface area (Å²) < 4.78 is 0. The maximum atomic E-state index is 11.5. The summed E-state index contributed by atoms with van der Waals surface area (Å²) in [6.07, 6.45) is 0.480. The molecule has 0 unspecified atom stereocenters. The molecule has 7 N–H and O–H groups in total.